The van der Waals surface area contributed by atoms with Crippen molar-refractivity contribution in [1.82, 2.24) is 9.97 Å². The molecule has 23 heavy (non-hydrogen) atoms. The van der Waals surface area contributed by atoms with E-state index in [-0.39, 0.29) is 12.0 Å². The van der Waals surface area contributed by atoms with Gasteiger partial charge in [-0.1, -0.05) is 48.6 Å². The van der Waals surface area contributed by atoms with Crippen molar-refractivity contribution in [2.75, 3.05) is 10.6 Å². The lowest BCUT2D eigenvalue weighted by Gasteiger charge is -2.25. The summed E-state index contributed by atoms with van der Waals surface area (Å²) >= 11 is 0. The highest BCUT2D eigenvalue weighted by Gasteiger charge is 2.23. The van der Waals surface area contributed by atoms with Gasteiger partial charge in [0.25, 0.3) is 0 Å². The Balaban J connectivity index is 1.67. The fourth-order valence-electron chi connectivity index (χ4n) is 2.96. The van der Waals surface area contributed by atoms with E-state index in [2.05, 4.69) is 76.1 Å². The first-order valence-corrected chi connectivity index (χ1v) is 7.81. The first-order valence-electron chi connectivity index (χ1n) is 7.81. The van der Waals surface area contributed by atoms with Crippen molar-refractivity contribution in [3.63, 3.8) is 0 Å². The summed E-state index contributed by atoms with van der Waals surface area (Å²) in [5.41, 5.74) is 4.28. The molecule has 2 bridgehead atoms. The van der Waals surface area contributed by atoms with Crippen LogP contribution in [0.2, 0.25) is 0 Å². The summed E-state index contributed by atoms with van der Waals surface area (Å²) in [6.07, 6.45) is 12.1. The minimum Gasteiger partial charge on any atom is -0.362 e. The van der Waals surface area contributed by atoms with Crippen LogP contribution in [-0.2, 0) is 0 Å². The van der Waals surface area contributed by atoms with E-state index in [1.54, 1.807) is 6.33 Å². The maximum Gasteiger partial charge on any atom is 0.154 e. The molecule has 0 amide bonds. The largest absolute Gasteiger partial charge is 0.362 e. The number of aromatic nitrogens is 2. The fourth-order valence-corrected chi connectivity index (χ4v) is 2.96. The molecule has 0 saturated carbocycles. The van der Waals surface area contributed by atoms with Crippen LogP contribution in [0, 0.1) is 0 Å². The Morgan fingerprint density at radius 3 is 2.87 bits per heavy atom. The Kier molecular flexibility index (Phi) is 3.42. The van der Waals surface area contributed by atoms with Crippen molar-refractivity contribution in [1.29, 1.82) is 0 Å². The Hall–Kier alpha value is -2.88. The number of fused-ring (bicyclic) bond motifs is 3. The van der Waals surface area contributed by atoms with Gasteiger partial charge in [0, 0.05) is 11.6 Å². The van der Waals surface area contributed by atoms with Crippen molar-refractivity contribution in [3.05, 3.63) is 84.0 Å². The van der Waals surface area contributed by atoms with Gasteiger partial charge in [-0.3, -0.25) is 0 Å². The predicted octanol–water partition coefficient (Wildman–Crippen LogP) is 4.17. The van der Waals surface area contributed by atoms with Crippen molar-refractivity contribution in [2.45, 2.75) is 18.9 Å². The molecule has 0 fully saturated rings. The van der Waals surface area contributed by atoms with Gasteiger partial charge in [0.2, 0.25) is 0 Å². The summed E-state index contributed by atoms with van der Waals surface area (Å²) in [6.45, 7) is 2.14. The molecule has 1 aromatic carbocycles. The van der Waals surface area contributed by atoms with Crippen LogP contribution in [0.3, 0.4) is 0 Å². The van der Waals surface area contributed by atoms with E-state index in [1.807, 2.05) is 12.1 Å². The third-order valence-corrected chi connectivity index (χ3v) is 4.18. The molecule has 2 aromatic rings. The zero-order chi connectivity index (χ0) is 15.6. The average Bonchev–Trinajstić information content (AvgIpc) is 2.78. The molecule has 2 heterocycles. The first kappa shape index (κ1) is 13.8. The summed E-state index contributed by atoms with van der Waals surface area (Å²) in [7, 11) is 0. The quantitative estimate of drug-likeness (QED) is 0.893. The number of nitrogens with one attached hydrogen (secondary N) is 2. The summed E-state index contributed by atoms with van der Waals surface area (Å²) in [6, 6.07) is 10.5. The second kappa shape index (κ2) is 5.72. The molecule has 1 aromatic heterocycles. The zero-order valence-electron chi connectivity index (χ0n) is 12.9. The smallest absolute Gasteiger partial charge is 0.154 e. The standard InChI is InChI=1S/C19H18N4/c1-13(14-7-3-2-4-8-14)22-19-18-17(20-12-21-19)15-9-5-6-10-16(11-15)23-18/h2-13,15,23H,1H3,(H,20,21,22)/t13-,15?/m0/s1. The van der Waals surface area contributed by atoms with Crippen LogP contribution in [0.25, 0.3) is 0 Å². The molecule has 2 N–H and O–H groups in total. The molecule has 2 atom stereocenters. The normalized spacial score (nSPS) is 19.2. The van der Waals surface area contributed by atoms with Crippen LogP contribution in [0.4, 0.5) is 11.5 Å². The Morgan fingerprint density at radius 2 is 2.00 bits per heavy atom. The zero-order valence-corrected chi connectivity index (χ0v) is 12.9. The van der Waals surface area contributed by atoms with Gasteiger partial charge in [0.1, 0.15) is 12.0 Å². The van der Waals surface area contributed by atoms with Crippen molar-refractivity contribution in [3.8, 4) is 0 Å². The molecule has 4 nitrogen and oxygen atoms in total. The first-order chi connectivity index (χ1) is 11.3. The van der Waals surface area contributed by atoms with Crippen LogP contribution >= 0.6 is 0 Å². The second-order valence-corrected chi connectivity index (χ2v) is 5.78. The molecule has 4 rings (SSSR count). The molecular formula is C19H18N4. The molecule has 0 spiro atoms. The van der Waals surface area contributed by atoms with Gasteiger partial charge in [-0.25, -0.2) is 9.97 Å². The molecule has 4 heteroatoms. The van der Waals surface area contributed by atoms with Gasteiger partial charge in [-0.15, -0.1) is 0 Å². The van der Waals surface area contributed by atoms with Gasteiger partial charge >= 0.3 is 0 Å². The summed E-state index contributed by atoms with van der Waals surface area (Å²) < 4.78 is 0. The highest BCUT2D eigenvalue weighted by molar-refractivity contribution is 5.74. The lowest BCUT2D eigenvalue weighted by Crippen LogP contribution is -2.16. The molecule has 0 saturated heterocycles. The monoisotopic (exact) mass is 302 g/mol. The van der Waals surface area contributed by atoms with Crippen LogP contribution in [0.1, 0.15) is 30.1 Å². The van der Waals surface area contributed by atoms with Crippen molar-refractivity contribution < 1.29 is 0 Å². The maximum atomic E-state index is 4.48. The number of hydrogen-bond donors (Lipinski definition) is 2. The van der Waals surface area contributed by atoms with Crippen LogP contribution in [-0.4, -0.2) is 9.97 Å². The van der Waals surface area contributed by atoms with Crippen LogP contribution in [0.5, 0.6) is 0 Å². The van der Waals surface area contributed by atoms with E-state index in [9.17, 15) is 0 Å². The van der Waals surface area contributed by atoms with Crippen molar-refractivity contribution in [2.24, 2.45) is 0 Å². The number of benzene rings is 1. The third kappa shape index (κ3) is 2.63. The second-order valence-electron chi connectivity index (χ2n) is 5.78. The van der Waals surface area contributed by atoms with Gasteiger partial charge < -0.3 is 10.6 Å². The van der Waals surface area contributed by atoms with E-state index in [1.165, 1.54) is 5.56 Å². The van der Waals surface area contributed by atoms with Crippen LogP contribution in [0.15, 0.2) is 72.7 Å². The molecule has 114 valence electrons. The Labute approximate surface area is 135 Å². The number of nitrogens with zero attached hydrogens (tertiary/aromatic N) is 2. The van der Waals surface area contributed by atoms with Gasteiger partial charge in [0.05, 0.1) is 11.7 Å². The van der Waals surface area contributed by atoms with E-state index in [0.29, 0.717) is 0 Å². The lowest BCUT2D eigenvalue weighted by molar-refractivity contribution is 0.862. The predicted molar refractivity (Wildman–Crippen MR) is 93.2 cm³/mol. The minimum atomic E-state index is 0.168. The van der Waals surface area contributed by atoms with Crippen LogP contribution < -0.4 is 10.6 Å². The summed E-state index contributed by atoms with van der Waals surface area (Å²) in [5, 5.41) is 6.95. The minimum absolute atomic E-state index is 0.168. The Morgan fingerprint density at radius 1 is 1.13 bits per heavy atom. The lowest BCUT2D eigenvalue weighted by atomic mass is 9.98. The van der Waals surface area contributed by atoms with E-state index in [0.717, 1.165) is 22.9 Å². The molecule has 2 aliphatic rings. The van der Waals surface area contributed by atoms with E-state index >= 15 is 0 Å². The number of allylic oxidation sites excluding steroid dienone is 5. The topological polar surface area (TPSA) is 49.8 Å². The SMILES string of the molecule is C[C@H](Nc1ncnc2c1NC1=CC2C=CC=C1)c1ccccc1. The number of rotatable bonds is 3. The maximum absolute atomic E-state index is 4.48. The van der Waals surface area contributed by atoms with Gasteiger partial charge in [-0.2, -0.15) is 0 Å². The Bertz CT molecular complexity index is 805. The van der Waals surface area contributed by atoms with Gasteiger partial charge in [-0.05, 0) is 24.6 Å². The fraction of sp³-hybridized carbons (Fsp3) is 0.158. The van der Waals surface area contributed by atoms with Gasteiger partial charge in [0.15, 0.2) is 5.82 Å². The molecule has 1 unspecified atom stereocenters. The molecule has 1 aliphatic carbocycles. The molecular weight excluding hydrogens is 284 g/mol. The molecule has 1 aliphatic heterocycles. The molecule has 0 radical (unpaired) electrons. The number of hydrogen-bond acceptors (Lipinski definition) is 4. The third-order valence-electron chi connectivity index (χ3n) is 4.18. The van der Waals surface area contributed by atoms with Crippen molar-refractivity contribution >= 4 is 11.5 Å². The van der Waals surface area contributed by atoms with E-state index < -0.39 is 0 Å². The number of anilines is 2. The van der Waals surface area contributed by atoms with E-state index in [4.69, 9.17) is 0 Å². The average molecular weight is 302 g/mol. The summed E-state index contributed by atoms with van der Waals surface area (Å²) in [4.78, 5) is 8.94. The highest BCUT2D eigenvalue weighted by Crippen LogP contribution is 2.37. The highest BCUT2D eigenvalue weighted by atomic mass is 15.1. The summed E-state index contributed by atoms with van der Waals surface area (Å²) in [5.74, 6) is 1.03.